The van der Waals surface area contributed by atoms with Gasteiger partial charge in [0.25, 0.3) is 0 Å². The molecule has 5 heterocycles. The molecule has 0 saturated carbocycles. The molecule has 0 amide bonds. The number of fused-ring (bicyclic) bond motifs is 2. The second-order valence-electron chi connectivity index (χ2n) is 8.99. The average molecular weight is 439 g/mol. The van der Waals surface area contributed by atoms with E-state index < -0.39 is 0 Å². The van der Waals surface area contributed by atoms with Crippen LogP contribution in [0.15, 0.2) is 65.9 Å². The van der Waals surface area contributed by atoms with Crippen LogP contribution in [0, 0.1) is 18.8 Å². The van der Waals surface area contributed by atoms with E-state index >= 15 is 0 Å². The van der Waals surface area contributed by atoms with Crippen LogP contribution in [0.2, 0.25) is 0 Å². The van der Waals surface area contributed by atoms with Crippen LogP contribution < -0.4 is 4.90 Å². The third kappa shape index (κ3) is 4.00. The highest BCUT2D eigenvalue weighted by molar-refractivity contribution is 5.79. The summed E-state index contributed by atoms with van der Waals surface area (Å²) in [6.07, 6.45) is 5.51. The number of ether oxygens (including phenoxy) is 1. The minimum Gasteiger partial charge on any atom is -0.381 e. The van der Waals surface area contributed by atoms with Gasteiger partial charge >= 0.3 is 0 Å². The number of benzene rings is 1. The van der Waals surface area contributed by atoms with E-state index in [0.717, 1.165) is 60.3 Å². The first kappa shape index (κ1) is 20.1. The molecule has 2 aliphatic rings. The maximum Gasteiger partial charge on any atom is 0.158 e. The standard InChI is InChI=1S/C26H26N6O/c1-18-3-2-4-19(9-18)12-28-13-23-10-26(31-14-21-16-33-17-22(21)15-31)32-25(29-23)11-24(30-32)20-5-7-27-8-6-20/h2-12,21-22H,13-17H2,1H3. The first-order valence-electron chi connectivity index (χ1n) is 11.4. The van der Waals surface area contributed by atoms with E-state index in [1.54, 1.807) is 12.4 Å². The first-order valence-corrected chi connectivity index (χ1v) is 11.4. The molecule has 0 N–H and O–H groups in total. The number of anilines is 1. The maximum absolute atomic E-state index is 5.69. The molecule has 1 aromatic carbocycles. The average Bonchev–Trinajstić information content (AvgIpc) is 3.54. The highest BCUT2D eigenvalue weighted by Crippen LogP contribution is 2.33. The van der Waals surface area contributed by atoms with Crippen molar-refractivity contribution in [3.63, 3.8) is 0 Å². The zero-order valence-corrected chi connectivity index (χ0v) is 18.6. The Morgan fingerprint density at radius 3 is 2.67 bits per heavy atom. The smallest absolute Gasteiger partial charge is 0.158 e. The van der Waals surface area contributed by atoms with Crippen molar-refractivity contribution in [2.75, 3.05) is 31.2 Å². The van der Waals surface area contributed by atoms with Gasteiger partial charge < -0.3 is 9.64 Å². The number of pyridine rings is 1. The molecular weight excluding hydrogens is 412 g/mol. The third-order valence-electron chi connectivity index (χ3n) is 6.54. The van der Waals surface area contributed by atoms with Gasteiger partial charge in [-0.1, -0.05) is 29.8 Å². The van der Waals surface area contributed by atoms with Gasteiger partial charge in [-0.2, -0.15) is 9.61 Å². The van der Waals surface area contributed by atoms with Crippen LogP contribution in [-0.4, -0.2) is 52.1 Å². The van der Waals surface area contributed by atoms with Crippen LogP contribution in [0.3, 0.4) is 0 Å². The van der Waals surface area contributed by atoms with Crippen molar-refractivity contribution in [2.24, 2.45) is 16.8 Å². The van der Waals surface area contributed by atoms with Crippen molar-refractivity contribution in [1.29, 1.82) is 0 Å². The fourth-order valence-electron chi connectivity index (χ4n) is 4.85. The number of nitrogens with zero attached hydrogens (tertiary/aromatic N) is 6. The molecule has 0 bridgehead atoms. The van der Waals surface area contributed by atoms with Crippen molar-refractivity contribution in [2.45, 2.75) is 13.5 Å². The van der Waals surface area contributed by atoms with Gasteiger partial charge in [0.1, 0.15) is 5.82 Å². The Morgan fingerprint density at radius 2 is 1.88 bits per heavy atom. The lowest BCUT2D eigenvalue weighted by Gasteiger charge is -2.21. The molecule has 166 valence electrons. The van der Waals surface area contributed by atoms with Gasteiger partial charge in [-0.05, 0) is 24.6 Å². The Bertz CT molecular complexity index is 1300. The lowest BCUT2D eigenvalue weighted by molar-refractivity contribution is 0.177. The first-order chi connectivity index (χ1) is 16.2. The van der Waals surface area contributed by atoms with Crippen molar-refractivity contribution >= 4 is 17.7 Å². The van der Waals surface area contributed by atoms with E-state index in [2.05, 4.69) is 52.1 Å². The molecule has 2 saturated heterocycles. The van der Waals surface area contributed by atoms with Crippen LogP contribution >= 0.6 is 0 Å². The fourth-order valence-corrected chi connectivity index (χ4v) is 4.85. The molecule has 0 aliphatic carbocycles. The molecule has 7 heteroatoms. The summed E-state index contributed by atoms with van der Waals surface area (Å²) in [4.78, 5) is 16.1. The number of aliphatic imine (C=N–C) groups is 1. The van der Waals surface area contributed by atoms with Gasteiger partial charge in [0.2, 0.25) is 0 Å². The molecule has 0 spiro atoms. The van der Waals surface area contributed by atoms with Gasteiger partial charge in [-0.15, -0.1) is 0 Å². The summed E-state index contributed by atoms with van der Waals surface area (Å²) >= 11 is 0. The van der Waals surface area contributed by atoms with E-state index in [9.17, 15) is 0 Å². The molecule has 2 fully saturated rings. The third-order valence-corrected chi connectivity index (χ3v) is 6.54. The predicted molar refractivity (Wildman–Crippen MR) is 129 cm³/mol. The van der Waals surface area contributed by atoms with E-state index in [1.165, 1.54) is 5.56 Å². The Kier molecular flexibility index (Phi) is 5.11. The SMILES string of the molecule is Cc1cccc(C=NCc2cc(N3CC4COCC4C3)n3nc(-c4ccncc4)cc3n2)c1. The lowest BCUT2D eigenvalue weighted by Crippen LogP contribution is -2.25. The Labute approximate surface area is 192 Å². The number of rotatable bonds is 5. The molecule has 2 atom stereocenters. The van der Waals surface area contributed by atoms with E-state index in [0.29, 0.717) is 18.4 Å². The molecule has 2 aliphatic heterocycles. The lowest BCUT2D eigenvalue weighted by atomic mass is 10.0. The van der Waals surface area contributed by atoms with Gasteiger partial charge in [0.15, 0.2) is 5.65 Å². The highest BCUT2D eigenvalue weighted by atomic mass is 16.5. The molecule has 0 radical (unpaired) electrons. The molecule has 33 heavy (non-hydrogen) atoms. The van der Waals surface area contributed by atoms with Crippen LogP contribution in [0.25, 0.3) is 16.9 Å². The summed E-state index contributed by atoms with van der Waals surface area (Å²) in [5.41, 5.74) is 6.05. The summed E-state index contributed by atoms with van der Waals surface area (Å²) in [5, 5.41) is 4.92. The predicted octanol–water partition coefficient (Wildman–Crippen LogP) is 3.80. The minimum atomic E-state index is 0.525. The quantitative estimate of drug-likeness (QED) is 0.444. The van der Waals surface area contributed by atoms with Gasteiger partial charge in [-0.25, -0.2) is 4.98 Å². The second-order valence-corrected chi connectivity index (χ2v) is 8.99. The molecule has 2 unspecified atom stereocenters. The fraction of sp³-hybridized carbons (Fsp3) is 0.308. The molecule has 4 aromatic rings. The Balaban J connectivity index is 1.36. The molecule has 7 nitrogen and oxygen atoms in total. The highest BCUT2D eigenvalue weighted by Gasteiger charge is 2.38. The van der Waals surface area contributed by atoms with Crippen molar-refractivity contribution in [3.05, 3.63) is 77.7 Å². The summed E-state index contributed by atoms with van der Waals surface area (Å²) in [6.45, 7) is 6.29. The largest absolute Gasteiger partial charge is 0.381 e. The van der Waals surface area contributed by atoms with Crippen LogP contribution in [0.5, 0.6) is 0 Å². The number of aryl methyl sites for hydroxylation is 1. The van der Waals surface area contributed by atoms with Crippen molar-refractivity contribution in [1.82, 2.24) is 19.6 Å². The zero-order valence-electron chi connectivity index (χ0n) is 18.6. The van der Waals surface area contributed by atoms with Gasteiger partial charge in [-0.3, -0.25) is 9.98 Å². The van der Waals surface area contributed by atoms with Crippen LogP contribution in [0.1, 0.15) is 16.8 Å². The monoisotopic (exact) mass is 438 g/mol. The van der Waals surface area contributed by atoms with E-state index in [-0.39, 0.29) is 0 Å². The summed E-state index contributed by atoms with van der Waals surface area (Å²) in [7, 11) is 0. The zero-order chi connectivity index (χ0) is 22.2. The van der Waals surface area contributed by atoms with Gasteiger partial charge in [0.05, 0.1) is 31.1 Å². The van der Waals surface area contributed by atoms with Crippen molar-refractivity contribution < 1.29 is 4.74 Å². The second kappa shape index (κ2) is 8.41. The topological polar surface area (TPSA) is 67.9 Å². The number of hydrogen-bond donors (Lipinski definition) is 0. The normalized spacial score (nSPS) is 20.2. The Morgan fingerprint density at radius 1 is 1.06 bits per heavy atom. The molecular formula is C26H26N6O. The van der Waals surface area contributed by atoms with E-state index in [4.69, 9.17) is 14.8 Å². The van der Waals surface area contributed by atoms with Crippen LogP contribution in [0.4, 0.5) is 5.82 Å². The summed E-state index contributed by atoms with van der Waals surface area (Å²) in [6, 6.07) is 16.5. The summed E-state index contributed by atoms with van der Waals surface area (Å²) < 4.78 is 7.66. The number of aromatic nitrogens is 4. The minimum absolute atomic E-state index is 0.525. The maximum atomic E-state index is 5.69. The van der Waals surface area contributed by atoms with E-state index in [1.807, 2.05) is 28.9 Å². The van der Waals surface area contributed by atoms with Gasteiger partial charge in [0, 0.05) is 61.2 Å². The molecule has 6 rings (SSSR count). The molecule has 3 aromatic heterocycles. The van der Waals surface area contributed by atoms with Crippen LogP contribution in [-0.2, 0) is 11.3 Å². The van der Waals surface area contributed by atoms with Crippen molar-refractivity contribution in [3.8, 4) is 11.3 Å². The Hall–Kier alpha value is -3.58. The summed E-state index contributed by atoms with van der Waals surface area (Å²) in [5.74, 6) is 2.26. The number of hydrogen-bond acceptors (Lipinski definition) is 6.